The van der Waals surface area contributed by atoms with Gasteiger partial charge in [0.25, 0.3) is 0 Å². The van der Waals surface area contributed by atoms with Crippen molar-refractivity contribution >= 4 is 35.0 Å². The van der Waals surface area contributed by atoms with E-state index in [1.165, 1.54) is 11.8 Å². The van der Waals surface area contributed by atoms with Crippen molar-refractivity contribution in [2.45, 2.75) is 17.5 Å². The summed E-state index contributed by atoms with van der Waals surface area (Å²) in [4.78, 5) is 0. The van der Waals surface area contributed by atoms with Gasteiger partial charge in [0, 0.05) is 22.3 Å². The molecule has 0 atom stereocenters. The van der Waals surface area contributed by atoms with Gasteiger partial charge in [0.1, 0.15) is 0 Å². The molecule has 0 spiro atoms. The van der Waals surface area contributed by atoms with Crippen molar-refractivity contribution in [3.63, 3.8) is 0 Å². The summed E-state index contributed by atoms with van der Waals surface area (Å²) < 4.78 is 1.76. The van der Waals surface area contributed by atoms with Gasteiger partial charge in [-0.25, -0.2) is 4.68 Å². The Kier molecular flexibility index (Phi) is 5.45. The molecule has 2 aromatic rings. The number of hydrogen-bond donors (Lipinski definition) is 1. The lowest BCUT2D eigenvalue weighted by Crippen LogP contribution is -2.16. The molecule has 0 radical (unpaired) electrons. The number of aromatic nitrogens is 4. The van der Waals surface area contributed by atoms with Gasteiger partial charge < -0.3 is 5.32 Å². The fourth-order valence-electron chi connectivity index (χ4n) is 1.45. The van der Waals surface area contributed by atoms with E-state index in [2.05, 4.69) is 20.8 Å². The third-order valence-corrected chi connectivity index (χ3v) is 4.05. The Labute approximate surface area is 125 Å². The number of nitrogens with one attached hydrogen (secondary N) is 1. The zero-order valence-corrected chi connectivity index (χ0v) is 12.6. The van der Waals surface area contributed by atoms with Crippen molar-refractivity contribution in [3.8, 4) is 0 Å². The SMILES string of the molecule is CNCCn1nnnc1SCc1cc(Cl)ccc1Cl. The van der Waals surface area contributed by atoms with Crippen LogP contribution in [0, 0.1) is 0 Å². The molecule has 5 nitrogen and oxygen atoms in total. The van der Waals surface area contributed by atoms with E-state index in [1.807, 2.05) is 13.1 Å². The van der Waals surface area contributed by atoms with Crippen LogP contribution >= 0.6 is 35.0 Å². The summed E-state index contributed by atoms with van der Waals surface area (Å²) in [7, 11) is 1.89. The first-order chi connectivity index (χ1) is 9.20. The maximum absolute atomic E-state index is 6.12. The fourth-order valence-corrected chi connectivity index (χ4v) is 2.81. The largest absolute Gasteiger partial charge is 0.318 e. The molecular weight excluding hydrogens is 305 g/mol. The van der Waals surface area contributed by atoms with E-state index < -0.39 is 0 Å². The molecule has 0 aliphatic heterocycles. The van der Waals surface area contributed by atoms with Gasteiger partial charge in [-0.15, -0.1) is 5.10 Å². The molecule has 8 heteroatoms. The second kappa shape index (κ2) is 7.09. The van der Waals surface area contributed by atoms with Gasteiger partial charge in [0.15, 0.2) is 0 Å². The highest BCUT2D eigenvalue weighted by Crippen LogP contribution is 2.27. The summed E-state index contributed by atoms with van der Waals surface area (Å²) in [6, 6.07) is 5.43. The van der Waals surface area contributed by atoms with Crippen LogP contribution < -0.4 is 5.32 Å². The molecule has 1 heterocycles. The summed E-state index contributed by atoms with van der Waals surface area (Å²) >= 11 is 13.6. The zero-order chi connectivity index (χ0) is 13.7. The van der Waals surface area contributed by atoms with E-state index in [-0.39, 0.29) is 0 Å². The molecule has 0 aliphatic rings. The first-order valence-corrected chi connectivity index (χ1v) is 7.42. The van der Waals surface area contributed by atoms with E-state index in [1.54, 1.807) is 16.8 Å². The summed E-state index contributed by atoms with van der Waals surface area (Å²) in [5.41, 5.74) is 0.974. The second-order valence-electron chi connectivity index (χ2n) is 3.81. The highest BCUT2D eigenvalue weighted by Gasteiger charge is 2.08. The molecule has 1 N–H and O–H groups in total. The van der Waals surface area contributed by atoms with Gasteiger partial charge in [0.2, 0.25) is 5.16 Å². The lowest BCUT2D eigenvalue weighted by Gasteiger charge is -2.05. The molecular formula is C11H13Cl2N5S. The first kappa shape index (κ1) is 14.6. The Morgan fingerprint density at radius 3 is 3.00 bits per heavy atom. The van der Waals surface area contributed by atoms with E-state index in [9.17, 15) is 0 Å². The maximum Gasteiger partial charge on any atom is 0.209 e. The van der Waals surface area contributed by atoms with Crippen molar-refractivity contribution in [2.75, 3.05) is 13.6 Å². The Balaban J connectivity index is 2.02. The van der Waals surface area contributed by atoms with E-state index in [4.69, 9.17) is 23.2 Å². The van der Waals surface area contributed by atoms with Crippen LogP contribution in [0.2, 0.25) is 10.0 Å². The number of halogens is 2. The number of nitrogens with zero attached hydrogens (tertiary/aromatic N) is 4. The molecule has 1 aromatic carbocycles. The monoisotopic (exact) mass is 317 g/mol. The van der Waals surface area contributed by atoms with Crippen molar-refractivity contribution in [1.29, 1.82) is 0 Å². The van der Waals surface area contributed by atoms with E-state index >= 15 is 0 Å². The molecule has 0 bridgehead atoms. The van der Waals surface area contributed by atoms with Crippen LogP contribution in [0.25, 0.3) is 0 Å². The van der Waals surface area contributed by atoms with Crippen molar-refractivity contribution in [1.82, 2.24) is 25.5 Å². The minimum absolute atomic E-state index is 0.676. The molecule has 19 heavy (non-hydrogen) atoms. The number of hydrogen-bond acceptors (Lipinski definition) is 5. The number of thioether (sulfide) groups is 1. The highest BCUT2D eigenvalue weighted by molar-refractivity contribution is 7.98. The highest BCUT2D eigenvalue weighted by atomic mass is 35.5. The predicted octanol–water partition coefficient (Wildman–Crippen LogP) is 2.49. The van der Waals surface area contributed by atoms with Gasteiger partial charge in [-0.2, -0.15) is 0 Å². The van der Waals surface area contributed by atoms with Gasteiger partial charge in [-0.1, -0.05) is 35.0 Å². The second-order valence-corrected chi connectivity index (χ2v) is 5.60. The first-order valence-electron chi connectivity index (χ1n) is 5.68. The van der Waals surface area contributed by atoms with E-state index in [0.29, 0.717) is 15.8 Å². The third kappa shape index (κ3) is 4.07. The molecule has 0 saturated carbocycles. The average Bonchev–Trinajstić information content (AvgIpc) is 2.85. The van der Waals surface area contributed by atoms with Crippen molar-refractivity contribution < 1.29 is 0 Å². The van der Waals surface area contributed by atoms with Crippen molar-refractivity contribution in [2.24, 2.45) is 0 Å². The molecule has 0 aliphatic carbocycles. The van der Waals surface area contributed by atoms with Crippen LogP contribution in [0.5, 0.6) is 0 Å². The van der Waals surface area contributed by atoms with Crippen LogP contribution in [0.3, 0.4) is 0 Å². The maximum atomic E-state index is 6.12. The predicted molar refractivity (Wildman–Crippen MR) is 77.8 cm³/mol. The number of likely N-dealkylation sites (N-methyl/N-ethyl adjacent to an activating group) is 1. The van der Waals surface area contributed by atoms with Gasteiger partial charge in [-0.3, -0.25) is 0 Å². The number of tetrazole rings is 1. The molecule has 0 saturated heterocycles. The summed E-state index contributed by atoms with van der Waals surface area (Å²) in [5.74, 6) is 0.680. The average molecular weight is 318 g/mol. The molecule has 0 fully saturated rings. The van der Waals surface area contributed by atoms with Crippen LogP contribution in [-0.2, 0) is 12.3 Å². The lowest BCUT2D eigenvalue weighted by molar-refractivity contribution is 0.530. The number of rotatable bonds is 6. The Hall–Kier alpha value is -0.820. The van der Waals surface area contributed by atoms with E-state index in [0.717, 1.165) is 23.8 Å². The van der Waals surface area contributed by atoms with Gasteiger partial charge in [-0.05, 0) is 41.2 Å². The molecule has 1 aromatic heterocycles. The Morgan fingerprint density at radius 1 is 1.37 bits per heavy atom. The van der Waals surface area contributed by atoms with Crippen LogP contribution in [0.4, 0.5) is 0 Å². The quantitative estimate of drug-likeness (QED) is 0.829. The molecule has 2 rings (SSSR count). The van der Waals surface area contributed by atoms with Gasteiger partial charge in [0.05, 0.1) is 6.54 Å². The Bertz CT molecular complexity index is 546. The molecule has 0 unspecified atom stereocenters. The lowest BCUT2D eigenvalue weighted by atomic mass is 10.2. The third-order valence-electron chi connectivity index (χ3n) is 2.44. The van der Waals surface area contributed by atoms with Crippen LogP contribution in [-0.4, -0.2) is 33.8 Å². The Morgan fingerprint density at radius 2 is 2.21 bits per heavy atom. The number of benzene rings is 1. The van der Waals surface area contributed by atoms with Crippen LogP contribution in [0.15, 0.2) is 23.4 Å². The molecule has 0 amide bonds. The fraction of sp³-hybridized carbons (Fsp3) is 0.364. The summed E-state index contributed by atoms with van der Waals surface area (Å²) in [6.07, 6.45) is 0. The minimum atomic E-state index is 0.676. The summed E-state index contributed by atoms with van der Waals surface area (Å²) in [5, 5.41) is 16.8. The zero-order valence-electron chi connectivity index (χ0n) is 10.3. The summed E-state index contributed by atoms with van der Waals surface area (Å²) in [6.45, 7) is 1.55. The van der Waals surface area contributed by atoms with Crippen molar-refractivity contribution in [3.05, 3.63) is 33.8 Å². The minimum Gasteiger partial charge on any atom is -0.318 e. The topological polar surface area (TPSA) is 55.6 Å². The normalized spacial score (nSPS) is 10.9. The molecule has 102 valence electrons. The smallest absolute Gasteiger partial charge is 0.209 e. The van der Waals surface area contributed by atoms with Gasteiger partial charge >= 0.3 is 0 Å². The van der Waals surface area contributed by atoms with Crippen LogP contribution in [0.1, 0.15) is 5.56 Å². The standard InChI is InChI=1S/C11H13Cl2N5S/c1-14-4-5-18-11(15-16-17-18)19-7-8-6-9(12)2-3-10(8)13/h2-3,6,14H,4-5,7H2,1H3.